The Bertz CT molecular complexity index is 883. The maximum Gasteiger partial charge on any atom is 0.254 e. The van der Waals surface area contributed by atoms with E-state index in [1.165, 1.54) is 23.2 Å². The van der Waals surface area contributed by atoms with Crippen LogP contribution < -0.4 is 15.6 Å². The molecular weight excluding hydrogens is 310 g/mol. The molecule has 0 aliphatic heterocycles. The minimum Gasteiger partial charge on any atom is -0.497 e. The van der Waals surface area contributed by atoms with Crippen LogP contribution in [0.25, 0.3) is 11.5 Å². The molecule has 122 valence electrons. The van der Waals surface area contributed by atoms with E-state index in [9.17, 15) is 9.59 Å². The third-order valence-corrected chi connectivity index (χ3v) is 3.34. The molecule has 7 nitrogen and oxygen atoms in total. The Morgan fingerprint density at radius 3 is 2.71 bits per heavy atom. The van der Waals surface area contributed by atoms with Crippen LogP contribution in [0.3, 0.4) is 0 Å². The van der Waals surface area contributed by atoms with Gasteiger partial charge < -0.3 is 14.5 Å². The molecule has 0 spiro atoms. The highest BCUT2D eigenvalue weighted by Gasteiger charge is 2.09. The van der Waals surface area contributed by atoms with Crippen LogP contribution in [0, 0.1) is 0 Å². The molecule has 2 aromatic heterocycles. The molecule has 1 amide bonds. The van der Waals surface area contributed by atoms with Crippen LogP contribution in [-0.4, -0.2) is 22.6 Å². The van der Waals surface area contributed by atoms with Crippen molar-refractivity contribution in [1.82, 2.24) is 9.55 Å². The van der Waals surface area contributed by atoms with Crippen LogP contribution in [0.1, 0.15) is 0 Å². The van der Waals surface area contributed by atoms with Gasteiger partial charge >= 0.3 is 0 Å². The average molecular weight is 325 g/mol. The molecule has 0 unspecified atom stereocenters. The number of methoxy groups -OCH3 is 1. The molecule has 0 radical (unpaired) electrons. The fourth-order valence-electron chi connectivity index (χ4n) is 2.13. The third kappa shape index (κ3) is 3.52. The monoisotopic (exact) mass is 325 g/mol. The molecule has 0 saturated heterocycles. The van der Waals surface area contributed by atoms with E-state index in [0.717, 1.165) is 0 Å². The van der Waals surface area contributed by atoms with E-state index in [1.54, 1.807) is 43.5 Å². The smallest absolute Gasteiger partial charge is 0.254 e. The third-order valence-electron chi connectivity index (χ3n) is 3.34. The number of rotatable bonds is 5. The summed E-state index contributed by atoms with van der Waals surface area (Å²) < 4.78 is 11.5. The highest BCUT2D eigenvalue weighted by Crippen LogP contribution is 2.15. The summed E-state index contributed by atoms with van der Waals surface area (Å²) in [6.45, 7) is -0.129. The zero-order valence-corrected chi connectivity index (χ0v) is 12.9. The van der Waals surface area contributed by atoms with Crippen molar-refractivity contribution >= 4 is 11.6 Å². The second kappa shape index (κ2) is 6.82. The molecule has 2 heterocycles. The number of anilines is 1. The van der Waals surface area contributed by atoms with Gasteiger partial charge in [-0.05, 0) is 36.4 Å². The van der Waals surface area contributed by atoms with E-state index in [2.05, 4.69) is 10.3 Å². The van der Waals surface area contributed by atoms with Crippen molar-refractivity contribution in [3.8, 4) is 17.2 Å². The van der Waals surface area contributed by atoms with E-state index in [1.807, 2.05) is 0 Å². The van der Waals surface area contributed by atoms with Crippen molar-refractivity contribution < 1.29 is 13.9 Å². The summed E-state index contributed by atoms with van der Waals surface area (Å²) in [5.74, 6) is 0.874. The topological polar surface area (TPSA) is 86.4 Å². The van der Waals surface area contributed by atoms with Crippen LogP contribution in [-0.2, 0) is 11.3 Å². The molecule has 0 aliphatic rings. The summed E-state index contributed by atoms with van der Waals surface area (Å²) in [6, 6.07) is 11.7. The Morgan fingerprint density at radius 2 is 2.08 bits per heavy atom. The van der Waals surface area contributed by atoms with Crippen LogP contribution in [0.15, 0.2) is 64.3 Å². The first kappa shape index (κ1) is 15.5. The largest absolute Gasteiger partial charge is 0.497 e. The van der Waals surface area contributed by atoms with E-state index in [4.69, 9.17) is 9.15 Å². The minimum atomic E-state index is -0.332. The molecule has 0 fully saturated rings. The Labute approximate surface area is 137 Å². The first-order chi connectivity index (χ1) is 11.7. The van der Waals surface area contributed by atoms with Gasteiger partial charge in [-0.3, -0.25) is 14.2 Å². The van der Waals surface area contributed by atoms with Crippen molar-refractivity contribution in [2.75, 3.05) is 12.4 Å². The molecule has 7 heteroatoms. The van der Waals surface area contributed by atoms with Crippen molar-refractivity contribution in [3.63, 3.8) is 0 Å². The van der Waals surface area contributed by atoms with E-state index in [-0.39, 0.29) is 18.0 Å². The van der Waals surface area contributed by atoms with Crippen molar-refractivity contribution in [2.45, 2.75) is 6.54 Å². The fraction of sp³-hybridized carbons (Fsp3) is 0.118. The SMILES string of the molecule is COc1ccc(NC(=O)Cn2cnc(-c3ccco3)cc2=O)cc1. The van der Waals surface area contributed by atoms with Gasteiger partial charge in [-0.1, -0.05) is 0 Å². The van der Waals surface area contributed by atoms with Gasteiger partial charge in [0.15, 0.2) is 5.76 Å². The predicted molar refractivity (Wildman–Crippen MR) is 87.8 cm³/mol. The zero-order valence-electron chi connectivity index (χ0n) is 12.9. The lowest BCUT2D eigenvalue weighted by Gasteiger charge is -2.08. The number of carbonyl (C=O) groups is 1. The molecule has 0 saturated carbocycles. The summed E-state index contributed by atoms with van der Waals surface area (Å²) in [6.07, 6.45) is 2.83. The Kier molecular flexibility index (Phi) is 4.42. The number of furan rings is 1. The molecule has 1 N–H and O–H groups in total. The Morgan fingerprint density at radius 1 is 1.29 bits per heavy atom. The van der Waals surface area contributed by atoms with Gasteiger partial charge in [-0.15, -0.1) is 0 Å². The second-order valence-electron chi connectivity index (χ2n) is 4.99. The van der Waals surface area contributed by atoms with Gasteiger partial charge in [0.2, 0.25) is 5.91 Å². The lowest BCUT2D eigenvalue weighted by Crippen LogP contribution is -2.27. The van der Waals surface area contributed by atoms with Gasteiger partial charge in [-0.2, -0.15) is 0 Å². The number of nitrogens with zero attached hydrogens (tertiary/aromatic N) is 2. The van der Waals surface area contributed by atoms with Crippen LogP contribution in [0.2, 0.25) is 0 Å². The molecule has 0 atom stereocenters. The molecule has 3 rings (SSSR count). The van der Waals surface area contributed by atoms with Gasteiger partial charge in [0.1, 0.15) is 18.0 Å². The molecular formula is C17H15N3O4. The van der Waals surface area contributed by atoms with Crippen molar-refractivity contribution in [2.24, 2.45) is 0 Å². The predicted octanol–water partition coefficient (Wildman–Crippen LogP) is 2.15. The van der Waals surface area contributed by atoms with Crippen molar-refractivity contribution in [1.29, 1.82) is 0 Å². The number of nitrogens with one attached hydrogen (secondary N) is 1. The first-order valence-corrected chi connectivity index (χ1v) is 7.20. The molecule has 3 aromatic rings. The van der Waals surface area contributed by atoms with Crippen molar-refractivity contribution in [3.05, 3.63) is 65.4 Å². The number of carbonyl (C=O) groups excluding carboxylic acids is 1. The van der Waals surface area contributed by atoms with Gasteiger partial charge in [0, 0.05) is 11.8 Å². The maximum atomic E-state index is 12.1. The van der Waals surface area contributed by atoms with Crippen LogP contribution >= 0.6 is 0 Å². The number of amides is 1. The summed E-state index contributed by atoms with van der Waals surface area (Å²) >= 11 is 0. The zero-order chi connectivity index (χ0) is 16.9. The summed E-state index contributed by atoms with van der Waals surface area (Å²) in [5.41, 5.74) is 0.715. The molecule has 1 aromatic carbocycles. The lowest BCUT2D eigenvalue weighted by molar-refractivity contribution is -0.116. The number of aromatic nitrogens is 2. The fourth-order valence-corrected chi connectivity index (χ4v) is 2.13. The summed E-state index contributed by atoms with van der Waals surface area (Å²) in [4.78, 5) is 28.3. The van der Waals surface area contributed by atoms with Crippen LogP contribution in [0.4, 0.5) is 5.69 Å². The first-order valence-electron chi connectivity index (χ1n) is 7.20. The summed E-state index contributed by atoms with van der Waals surface area (Å²) in [7, 11) is 1.57. The Hall–Kier alpha value is -3.35. The molecule has 0 aliphatic carbocycles. The van der Waals surface area contributed by atoms with E-state index < -0.39 is 0 Å². The minimum absolute atomic E-state index is 0.129. The number of ether oxygens (including phenoxy) is 1. The second-order valence-corrected chi connectivity index (χ2v) is 4.99. The van der Waals surface area contributed by atoms with Gasteiger partial charge in [0.05, 0.1) is 19.7 Å². The summed E-state index contributed by atoms with van der Waals surface area (Å²) in [5, 5.41) is 2.71. The normalized spacial score (nSPS) is 10.4. The maximum absolute atomic E-state index is 12.1. The van der Waals surface area contributed by atoms with E-state index in [0.29, 0.717) is 22.9 Å². The number of hydrogen-bond donors (Lipinski definition) is 1. The number of benzene rings is 1. The molecule has 24 heavy (non-hydrogen) atoms. The highest BCUT2D eigenvalue weighted by molar-refractivity contribution is 5.90. The van der Waals surface area contributed by atoms with Gasteiger partial charge in [0.25, 0.3) is 5.56 Å². The lowest BCUT2D eigenvalue weighted by atomic mass is 10.3. The average Bonchev–Trinajstić information content (AvgIpc) is 3.12. The van der Waals surface area contributed by atoms with E-state index >= 15 is 0 Å². The highest BCUT2D eigenvalue weighted by atomic mass is 16.5. The Balaban J connectivity index is 1.68. The molecule has 0 bridgehead atoms. The van der Waals surface area contributed by atoms with Gasteiger partial charge in [-0.25, -0.2) is 4.98 Å². The van der Waals surface area contributed by atoms with Crippen LogP contribution in [0.5, 0.6) is 5.75 Å². The standard InChI is InChI=1S/C17H15N3O4/c1-23-13-6-4-12(5-7-13)19-16(21)10-20-11-18-14(9-17(20)22)15-3-2-8-24-15/h2-9,11H,10H2,1H3,(H,19,21). The number of hydrogen-bond acceptors (Lipinski definition) is 5. The quantitative estimate of drug-likeness (QED) is 0.777.